The molecule has 3 N–H and O–H groups in total. The van der Waals surface area contributed by atoms with Crippen molar-refractivity contribution in [2.45, 2.75) is 36.5 Å². The van der Waals surface area contributed by atoms with Crippen LogP contribution < -0.4 is 11.1 Å². The smallest absolute Gasteiger partial charge is 0.254 e. The number of carbonyl (C=O) groups excluding carboxylic acids is 2. The number of nitrogens with two attached hydrogens (primary N) is 1. The van der Waals surface area contributed by atoms with Gasteiger partial charge in [0.25, 0.3) is 5.91 Å². The van der Waals surface area contributed by atoms with E-state index in [2.05, 4.69) is 10.3 Å². The Hall–Kier alpha value is -1.60. The first-order valence-electron chi connectivity index (χ1n) is 8.02. The van der Waals surface area contributed by atoms with Gasteiger partial charge in [-0.15, -0.1) is 0 Å². The van der Waals surface area contributed by atoms with E-state index < -0.39 is 0 Å². The number of aromatic nitrogens is 1. The van der Waals surface area contributed by atoms with Crippen LogP contribution in [0.4, 0.5) is 0 Å². The van der Waals surface area contributed by atoms with Crippen LogP contribution in [-0.2, 0) is 4.79 Å². The molecule has 2 heterocycles. The van der Waals surface area contributed by atoms with Crippen LogP contribution in [0.1, 0.15) is 36.5 Å². The number of amides is 2. The van der Waals surface area contributed by atoms with Gasteiger partial charge < -0.3 is 16.0 Å². The molecule has 0 radical (unpaired) electrons. The number of thioether (sulfide) groups is 1. The minimum absolute atomic E-state index is 0.118. The fourth-order valence-electron chi connectivity index (χ4n) is 2.47. The van der Waals surface area contributed by atoms with E-state index in [9.17, 15) is 9.59 Å². The standard InChI is InChI=1S/C16H24N4O2S/c1-12(16(22)20-10-2-3-11-20)23-15-13(6-4-8-19-15)14(21)18-9-5-7-17/h4,6,8,12H,2-3,5,7,9-11,17H2,1H3,(H,18,21). The first kappa shape index (κ1) is 17.7. The summed E-state index contributed by atoms with van der Waals surface area (Å²) in [5.41, 5.74) is 5.94. The van der Waals surface area contributed by atoms with Crippen LogP contribution in [0.15, 0.2) is 23.4 Å². The number of nitrogens with one attached hydrogen (secondary N) is 1. The summed E-state index contributed by atoms with van der Waals surface area (Å²) in [5.74, 6) is -0.0532. The van der Waals surface area contributed by atoms with E-state index in [0.29, 0.717) is 23.7 Å². The zero-order valence-corrected chi connectivity index (χ0v) is 14.3. The second-order valence-corrected chi connectivity index (χ2v) is 6.88. The number of carbonyl (C=O) groups is 2. The van der Waals surface area contributed by atoms with Crippen LogP contribution in [-0.4, -0.2) is 53.1 Å². The van der Waals surface area contributed by atoms with Gasteiger partial charge in [-0.1, -0.05) is 11.8 Å². The van der Waals surface area contributed by atoms with E-state index in [1.54, 1.807) is 18.3 Å². The van der Waals surface area contributed by atoms with Crippen LogP contribution in [0, 0.1) is 0 Å². The second-order valence-electron chi connectivity index (χ2n) is 5.55. The maximum Gasteiger partial charge on any atom is 0.254 e. The van der Waals surface area contributed by atoms with Gasteiger partial charge in [0.05, 0.1) is 10.8 Å². The molecule has 1 fully saturated rings. The number of pyridine rings is 1. The Kier molecular flexibility index (Phi) is 6.85. The molecule has 1 aromatic rings. The van der Waals surface area contributed by atoms with Crippen molar-refractivity contribution in [2.75, 3.05) is 26.2 Å². The molecule has 1 unspecified atom stereocenters. The molecule has 0 saturated carbocycles. The minimum Gasteiger partial charge on any atom is -0.352 e. The third-order valence-corrected chi connectivity index (χ3v) is 4.84. The molecule has 1 atom stereocenters. The van der Waals surface area contributed by atoms with Crippen molar-refractivity contribution in [3.05, 3.63) is 23.9 Å². The Labute approximate surface area is 141 Å². The molecule has 2 rings (SSSR count). The average Bonchev–Trinajstić information content (AvgIpc) is 3.09. The molecule has 1 aliphatic rings. The van der Waals surface area contributed by atoms with E-state index in [0.717, 1.165) is 32.4 Å². The summed E-state index contributed by atoms with van der Waals surface area (Å²) in [4.78, 5) is 30.8. The molecule has 6 nitrogen and oxygen atoms in total. The van der Waals surface area contributed by atoms with Gasteiger partial charge in [-0.3, -0.25) is 9.59 Å². The van der Waals surface area contributed by atoms with E-state index in [1.165, 1.54) is 11.8 Å². The Bertz CT molecular complexity index is 547. The van der Waals surface area contributed by atoms with Crippen molar-refractivity contribution in [1.82, 2.24) is 15.2 Å². The number of hydrogen-bond donors (Lipinski definition) is 2. The Morgan fingerprint density at radius 2 is 2.17 bits per heavy atom. The van der Waals surface area contributed by atoms with E-state index >= 15 is 0 Å². The third-order valence-electron chi connectivity index (χ3n) is 3.74. The van der Waals surface area contributed by atoms with Crippen LogP contribution in [0.2, 0.25) is 0 Å². The van der Waals surface area contributed by atoms with Gasteiger partial charge >= 0.3 is 0 Å². The highest BCUT2D eigenvalue weighted by Crippen LogP contribution is 2.26. The summed E-state index contributed by atoms with van der Waals surface area (Å²) in [6.07, 6.45) is 4.52. The predicted octanol–water partition coefficient (Wildman–Crippen LogP) is 1.26. The van der Waals surface area contributed by atoms with Crippen molar-refractivity contribution in [2.24, 2.45) is 5.73 Å². The average molecular weight is 336 g/mol. The van der Waals surface area contributed by atoms with Gasteiger partial charge in [0, 0.05) is 25.8 Å². The summed E-state index contributed by atoms with van der Waals surface area (Å²) in [6, 6.07) is 3.47. The van der Waals surface area contributed by atoms with Crippen LogP contribution >= 0.6 is 11.8 Å². The van der Waals surface area contributed by atoms with Gasteiger partial charge in [0.1, 0.15) is 5.03 Å². The van der Waals surface area contributed by atoms with Crippen molar-refractivity contribution < 1.29 is 9.59 Å². The summed E-state index contributed by atoms with van der Waals surface area (Å²) in [7, 11) is 0. The molecule has 0 bridgehead atoms. The van der Waals surface area contributed by atoms with Gasteiger partial charge in [-0.2, -0.15) is 0 Å². The summed E-state index contributed by atoms with van der Waals surface area (Å²) in [5, 5.41) is 3.17. The molecule has 0 aliphatic carbocycles. The summed E-state index contributed by atoms with van der Waals surface area (Å²) < 4.78 is 0. The number of likely N-dealkylation sites (tertiary alicyclic amines) is 1. The molecule has 0 spiro atoms. The van der Waals surface area contributed by atoms with Crippen molar-refractivity contribution in [3.8, 4) is 0 Å². The summed E-state index contributed by atoms with van der Waals surface area (Å²) in [6.45, 7) is 4.61. The van der Waals surface area contributed by atoms with Crippen LogP contribution in [0.25, 0.3) is 0 Å². The SMILES string of the molecule is CC(Sc1ncccc1C(=O)NCCCN)C(=O)N1CCCC1. The second kappa shape index (κ2) is 8.88. The Morgan fingerprint density at radius 1 is 1.43 bits per heavy atom. The zero-order valence-electron chi connectivity index (χ0n) is 13.5. The maximum atomic E-state index is 12.4. The van der Waals surface area contributed by atoms with Gasteiger partial charge in [0.2, 0.25) is 5.91 Å². The van der Waals surface area contributed by atoms with Gasteiger partial charge in [-0.05, 0) is 44.9 Å². The molecule has 7 heteroatoms. The molecule has 1 saturated heterocycles. The zero-order chi connectivity index (χ0) is 16.7. The monoisotopic (exact) mass is 336 g/mol. The molecule has 2 amide bonds. The van der Waals surface area contributed by atoms with Gasteiger partial charge in [-0.25, -0.2) is 4.98 Å². The Balaban J connectivity index is 2.01. The molecule has 23 heavy (non-hydrogen) atoms. The molecule has 1 aromatic heterocycles. The van der Waals surface area contributed by atoms with Crippen molar-refractivity contribution in [3.63, 3.8) is 0 Å². The quantitative estimate of drug-likeness (QED) is 0.578. The lowest BCUT2D eigenvalue weighted by Crippen LogP contribution is -2.34. The molecule has 1 aliphatic heterocycles. The van der Waals surface area contributed by atoms with E-state index in [-0.39, 0.29) is 17.1 Å². The van der Waals surface area contributed by atoms with Crippen LogP contribution in [0.5, 0.6) is 0 Å². The first-order chi connectivity index (χ1) is 11.1. The van der Waals surface area contributed by atoms with Crippen LogP contribution in [0.3, 0.4) is 0 Å². The highest BCUT2D eigenvalue weighted by molar-refractivity contribution is 8.00. The Morgan fingerprint density at radius 3 is 2.87 bits per heavy atom. The number of nitrogens with zero attached hydrogens (tertiary/aromatic N) is 2. The third kappa shape index (κ3) is 4.94. The summed E-state index contributed by atoms with van der Waals surface area (Å²) >= 11 is 1.34. The highest BCUT2D eigenvalue weighted by Gasteiger charge is 2.25. The maximum absolute atomic E-state index is 12.4. The molecular formula is C16H24N4O2S. The fourth-order valence-corrected chi connectivity index (χ4v) is 3.46. The number of hydrogen-bond acceptors (Lipinski definition) is 5. The number of rotatable bonds is 7. The highest BCUT2D eigenvalue weighted by atomic mass is 32.2. The molecule has 0 aromatic carbocycles. The predicted molar refractivity (Wildman–Crippen MR) is 91.4 cm³/mol. The lowest BCUT2D eigenvalue weighted by atomic mass is 10.2. The van der Waals surface area contributed by atoms with Gasteiger partial charge in [0.15, 0.2) is 0 Å². The largest absolute Gasteiger partial charge is 0.352 e. The lowest BCUT2D eigenvalue weighted by molar-refractivity contribution is -0.129. The topological polar surface area (TPSA) is 88.3 Å². The van der Waals surface area contributed by atoms with E-state index in [4.69, 9.17) is 5.73 Å². The van der Waals surface area contributed by atoms with Crippen molar-refractivity contribution in [1.29, 1.82) is 0 Å². The normalized spacial score (nSPS) is 15.5. The van der Waals surface area contributed by atoms with E-state index in [1.807, 2.05) is 11.8 Å². The fraction of sp³-hybridized carbons (Fsp3) is 0.562. The molecule has 126 valence electrons. The first-order valence-corrected chi connectivity index (χ1v) is 8.90. The molecular weight excluding hydrogens is 312 g/mol. The van der Waals surface area contributed by atoms with Crippen molar-refractivity contribution >= 4 is 23.6 Å². The minimum atomic E-state index is -0.251. The lowest BCUT2D eigenvalue weighted by Gasteiger charge is -2.20.